The van der Waals surface area contributed by atoms with E-state index in [1.54, 1.807) is 26.6 Å². The van der Waals surface area contributed by atoms with Crippen molar-refractivity contribution in [1.29, 1.82) is 0 Å². The van der Waals surface area contributed by atoms with E-state index in [4.69, 9.17) is 42.6 Å². The lowest BCUT2D eigenvalue weighted by atomic mass is 9.98. The van der Waals surface area contributed by atoms with E-state index in [2.05, 4.69) is 20.6 Å². The molecule has 4 aromatic rings. The van der Waals surface area contributed by atoms with Gasteiger partial charge in [-0.1, -0.05) is 59.6 Å². The van der Waals surface area contributed by atoms with Crippen LogP contribution in [0.4, 0.5) is 0 Å². The monoisotopic (exact) mass is 688 g/mol. The first kappa shape index (κ1) is 33.8. The van der Waals surface area contributed by atoms with Crippen LogP contribution in [0.1, 0.15) is 56.3 Å². The van der Waals surface area contributed by atoms with Gasteiger partial charge in [0.15, 0.2) is 0 Å². The number of halogens is 2. The van der Waals surface area contributed by atoms with Crippen LogP contribution in [0.2, 0.25) is 10.0 Å². The summed E-state index contributed by atoms with van der Waals surface area (Å²) in [7, 11) is 3.15. The normalized spacial score (nSPS) is 17.5. The number of carbonyl (C=O) groups excluding carboxylic acids is 2. The maximum atomic E-state index is 11.6. The predicted octanol–water partition coefficient (Wildman–Crippen LogP) is 6.65. The van der Waals surface area contributed by atoms with Gasteiger partial charge in [-0.05, 0) is 44.6 Å². The van der Waals surface area contributed by atoms with E-state index in [9.17, 15) is 9.59 Å². The second kappa shape index (κ2) is 15.4. The summed E-state index contributed by atoms with van der Waals surface area (Å²) in [6.07, 6.45) is 9.53. The highest BCUT2D eigenvalue weighted by atomic mass is 35.5. The molecule has 2 atom stereocenters. The molecule has 0 unspecified atom stereocenters. The zero-order valence-corrected chi connectivity index (χ0v) is 28.5. The summed E-state index contributed by atoms with van der Waals surface area (Å²) in [5.74, 6) is 1.67. The van der Waals surface area contributed by atoms with Crippen LogP contribution in [0.3, 0.4) is 0 Å². The fraction of sp³-hybridized carbons (Fsp3) is 0.389. The van der Waals surface area contributed by atoms with Crippen molar-refractivity contribution < 1.29 is 19.1 Å². The van der Waals surface area contributed by atoms with Gasteiger partial charge in [-0.15, -0.1) is 0 Å². The molecule has 12 heteroatoms. The van der Waals surface area contributed by atoms with Crippen molar-refractivity contribution in [2.24, 2.45) is 5.92 Å². The lowest BCUT2D eigenvalue weighted by molar-refractivity contribution is -0.119. The molecule has 0 spiro atoms. The zero-order chi connectivity index (χ0) is 33.6. The molecule has 0 bridgehead atoms. The van der Waals surface area contributed by atoms with Crippen molar-refractivity contribution >= 4 is 34.9 Å². The number of aryl methyl sites for hydroxylation is 1. The molecule has 2 aromatic heterocycles. The Bertz CT molecular complexity index is 1690. The summed E-state index contributed by atoms with van der Waals surface area (Å²) in [5, 5.41) is 7.35. The number of hydrogen-bond donors (Lipinski definition) is 2. The molecular weight excluding hydrogens is 651 g/mol. The van der Waals surface area contributed by atoms with Gasteiger partial charge in [0.2, 0.25) is 17.7 Å². The molecule has 2 aromatic carbocycles. The van der Waals surface area contributed by atoms with Crippen LogP contribution >= 0.6 is 23.2 Å². The third-order valence-corrected chi connectivity index (χ3v) is 9.79. The first-order valence-corrected chi connectivity index (χ1v) is 17.0. The molecule has 0 radical (unpaired) electrons. The van der Waals surface area contributed by atoms with Gasteiger partial charge < -0.3 is 20.1 Å². The van der Waals surface area contributed by atoms with Crippen molar-refractivity contribution in [3.8, 4) is 45.4 Å². The summed E-state index contributed by atoms with van der Waals surface area (Å²) in [5.41, 5.74) is 5.44. The standard InChI is InChI=1S/C36H38Cl2N6O4/c1-47-35-28(11-3-6-22-13-15-32(46)42-22)40-19-29(43-35)26-9-4-7-24(33(26)37)25-8-5-10-27(34(25)38)30-20-41-31(36(44-30)48-2)18-39-17-21-12-14-23(45)16-21/h4-5,7-10,19-22,39H,3,6,11-18H2,1-2H3,(H,42,46)/t21-,22-/m0/s1. The highest BCUT2D eigenvalue weighted by molar-refractivity contribution is 6.39. The minimum absolute atomic E-state index is 0.121. The lowest BCUT2D eigenvalue weighted by Gasteiger charge is -2.15. The first-order valence-electron chi connectivity index (χ1n) is 16.2. The Labute approximate surface area is 290 Å². The van der Waals surface area contributed by atoms with E-state index in [1.165, 1.54) is 0 Å². The summed E-state index contributed by atoms with van der Waals surface area (Å²) in [4.78, 5) is 41.9. The Morgan fingerprint density at radius 1 is 0.833 bits per heavy atom. The molecule has 2 N–H and O–H groups in total. The number of carbonyl (C=O) groups is 2. The van der Waals surface area contributed by atoms with Gasteiger partial charge in [-0.25, -0.2) is 9.97 Å². The molecule has 1 aliphatic heterocycles. The van der Waals surface area contributed by atoms with Gasteiger partial charge in [0.05, 0.1) is 48.0 Å². The number of aromatic nitrogens is 4. The second-order valence-electron chi connectivity index (χ2n) is 12.2. The number of rotatable bonds is 13. The Hall–Kier alpha value is -4.12. The highest BCUT2D eigenvalue weighted by Crippen LogP contribution is 2.42. The van der Waals surface area contributed by atoms with Crippen LogP contribution in [0.25, 0.3) is 33.6 Å². The molecule has 48 heavy (non-hydrogen) atoms. The van der Waals surface area contributed by atoms with Crippen LogP contribution in [-0.4, -0.2) is 58.4 Å². The van der Waals surface area contributed by atoms with Crippen molar-refractivity contribution in [3.63, 3.8) is 0 Å². The maximum absolute atomic E-state index is 11.6. The Morgan fingerprint density at radius 2 is 1.44 bits per heavy atom. The van der Waals surface area contributed by atoms with Gasteiger partial charge in [-0.2, -0.15) is 0 Å². The number of nitrogens with zero attached hydrogens (tertiary/aromatic N) is 4. The Morgan fingerprint density at radius 3 is 2.00 bits per heavy atom. The van der Waals surface area contributed by atoms with Gasteiger partial charge >= 0.3 is 0 Å². The van der Waals surface area contributed by atoms with Crippen molar-refractivity contribution in [1.82, 2.24) is 30.6 Å². The number of methoxy groups -OCH3 is 2. The average Bonchev–Trinajstić information content (AvgIpc) is 3.72. The molecule has 1 saturated heterocycles. The van der Waals surface area contributed by atoms with Crippen LogP contribution in [0.5, 0.6) is 11.8 Å². The smallest absolute Gasteiger partial charge is 0.237 e. The number of ketones is 1. The fourth-order valence-corrected chi connectivity index (χ4v) is 7.07. The topological polar surface area (TPSA) is 128 Å². The largest absolute Gasteiger partial charge is 0.480 e. The van der Waals surface area contributed by atoms with Gasteiger partial charge in [0, 0.05) is 54.1 Å². The minimum Gasteiger partial charge on any atom is -0.480 e. The molecule has 2 fully saturated rings. The third-order valence-electron chi connectivity index (χ3n) is 8.97. The van der Waals surface area contributed by atoms with E-state index in [1.807, 2.05) is 36.4 Å². The van der Waals surface area contributed by atoms with Crippen LogP contribution in [0, 0.1) is 5.92 Å². The lowest BCUT2D eigenvalue weighted by Crippen LogP contribution is -2.25. The number of benzene rings is 2. The molecule has 250 valence electrons. The fourth-order valence-electron chi connectivity index (χ4n) is 6.42. The van der Waals surface area contributed by atoms with E-state index in [0.29, 0.717) is 93.9 Å². The summed E-state index contributed by atoms with van der Waals surface area (Å²) in [6, 6.07) is 11.6. The van der Waals surface area contributed by atoms with Crippen molar-refractivity contribution in [2.75, 3.05) is 20.8 Å². The number of Topliss-reactive ketones (excluding diaryl/α,β-unsaturated/α-hetero) is 1. The number of nitrogens with one attached hydrogen (secondary N) is 2. The highest BCUT2D eigenvalue weighted by Gasteiger charge is 2.23. The van der Waals surface area contributed by atoms with E-state index in [-0.39, 0.29) is 11.9 Å². The average molecular weight is 690 g/mol. The zero-order valence-electron chi connectivity index (χ0n) is 27.0. The molecule has 3 heterocycles. The molecule has 1 amide bonds. The number of ether oxygens (including phenoxy) is 2. The molecule has 1 aliphatic carbocycles. The maximum Gasteiger partial charge on any atom is 0.237 e. The van der Waals surface area contributed by atoms with Gasteiger partial charge in [0.1, 0.15) is 17.2 Å². The predicted molar refractivity (Wildman–Crippen MR) is 185 cm³/mol. The molecule has 6 rings (SSSR count). The van der Waals surface area contributed by atoms with Crippen molar-refractivity contribution in [2.45, 2.75) is 64.0 Å². The van der Waals surface area contributed by atoms with Crippen LogP contribution in [-0.2, 0) is 22.6 Å². The van der Waals surface area contributed by atoms with Gasteiger partial charge in [-0.3, -0.25) is 19.6 Å². The molecule has 2 aliphatic rings. The quantitative estimate of drug-likeness (QED) is 0.159. The Balaban J connectivity index is 1.20. The molecular formula is C36H38Cl2N6O4. The second-order valence-corrected chi connectivity index (χ2v) is 13.0. The van der Waals surface area contributed by atoms with E-state index >= 15 is 0 Å². The van der Waals surface area contributed by atoms with Crippen molar-refractivity contribution in [3.05, 3.63) is 70.2 Å². The molecule has 1 saturated carbocycles. The summed E-state index contributed by atoms with van der Waals surface area (Å²) in [6.45, 7) is 1.23. The summed E-state index contributed by atoms with van der Waals surface area (Å²) >= 11 is 14.1. The summed E-state index contributed by atoms with van der Waals surface area (Å²) < 4.78 is 11.2. The minimum atomic E-state index is 0.121. The van der Waals surface area contributed by atoms with Gasteiger partial charge in [0.25, 0.3) is 0 Å². The number of hydrogen-bond acceptors (Lipinski definition) is 9. The first-order chi connectivity index (χ1) is 23.3. The van der Waals surface area contributed by atoms with Crippen LogP contribution < -0.4 is 20.1 Å². The van der Waals surface area contributed by atoms with Crippen LogP contribution in [0.15, 0.2) is 48.8 Å². The molecule has 10 nitrogen and oxygen atoms in total. The van der Waals surface area contributed by atoms with E-state index < -0.39 is 0 Å². The third kappa shape index (κ3) is 7.61. The van der Waals surface area contributed by atoms with E-state index in [0.717, 1.165) is 49.0 Å². The Kier molecular flexibility index (Phi) is 10.8. The SMILES string of the molecule is COc1nc(-c2cccc(-c3cccc(-c4cnc(CNC[C@H]5CCC(=O)C5)c(OC)n4)c3Cl)c2Cl)cnc1CCC[C@H]1CCC(=O)N1. The number of amides is 1.